The molecule has 0 radical (unpaired) electrons. The number of ether oxygens (including phenoxy) is 1. The van der Waals surface area contributed by atoms with Crippen molar-refractivity contribution in [1.29, 1.82) is 0 Å². The largest absolute Gasteiger partial charge is 0.487 e. The zero-order chi connectivity index (χ0) is 11.9. The zero-order valence-electron chi connectivity index (χ0n) is 11.1. The lowest BCUT2D eigenvalue weighted by atomic mass is 9.62. The maximum absolute atomic E-state index is 6.18. The fourth-order valence-electron chi connectivity index (χ4n) is 2.57. The van der Waals surface area contributed by atoms with Gasteiger partial charge in [-0.25, -0.2) is 0 Å². The molecule has 0 aromatic rings. The molecule has 1 heteroatoms. The van der Waals surface area contributed by atoms with Gasteiger partial charge in [-0.1, -0.05) is 47.6 Å². The molecule has 0 aromatic heterocycles. The fourth-order valence-corrected chi connectivity index (χ4v) is 2.57. The van der Waals surface area contributed by atoms with Crippen LogP contribution in [-0.4, -0.2) is 5.60 Å². The molecule has 0 fully saturated rings. The van der Waals surface area contributed by atoms with Crippen molar-refractivity contribution < 1.29 is 4.74 Å². The number of allylic oxidation sites excluding steroid dienone is 3. The van der Waals surface area contributed by atoms with Crippen molar-refractivity contribution >= 4 is 0 Å². The predicted octanol–water partition coefficient (Wildman–Crippen LogP) is 4.31. The van der Waals surface area contributed by atoms with E-state index in [9.17, 15) is 0 Å². The topological polar surface area (TPSA) is 9.23 Å². The average molecular weight is 208 g/mol. The summed E-state index contributed by atoms with van der Waals surface area (Å²) in [5, 5.41) is 0. The lowest BCUT2D eigenvalue weighted by Crippen LogP contribution is -2.54. The molecule has 15 heavy (non-hydrogen) atoms. The van der Waals surface area contributed by atoms with E-state index < -0.39 is 0 Å². The Balaban J connectivity index is 3.23. The maximum atomic E-state index is 6.18. The summed E-state index contributed by atoms with van der Waals surface area (Å²) in [4.78, 5) is 0. The van der Waals surface area contributed by atoms with Gasteiger partial charge in [-0.15, -0.1) is 0 Å². The van der Waals surface area contributed by atoms with Crippen molar-refractivity contribution in [3.8, 4) is 0 Å². The molecule has 1 aliphatic heterocycles. The number of rotatable bonds is 0. The molecule has 1 rings (SSSR count). The maximum Gasteiger partial charge on any atom is 0.136 e. The average Bonchev–Trinajstić information content (AvgIpc) is 1.99. The molecule has 0 amide bonds. The van der Waals surface area contributed by atoms with Crippen LogP contribution in [0, 0.1) is 10.8 Å². The van der Waals surface area contributed by atoms with Crippen LogP contribution >= 0.6 is 0 Å². The van der Waals surface area contributed by atoms with Crippen LogP contribution in [-0.2, 0) is 4.74 Å². The molecular weight excluding hydrogens is 184 g/mol. The van der Waals surface area contributed by atoms with Gasteiger partial charge in [0.25, 0.3) is 0 Å². The zero-order valence-corrected chi connectivity index (χ0v) is 11.1. The van der Waals surface area contributed by atoms with E-state index in [1.807, 2.05) is 13.0 Å². The van der Waals surface area contributed by atoms with Crippen LogP contribution in [0.4, 0.5) is 0 Å². The first-order valence-electron chi connectivity index (χ1n) is 5.65. The second-order valence-corrected chi connectivity index (χ2v) is 6.47. The first kappa shape index (κ1) is 12.4. The highest BCUT2D eigenvalue weighted by Crippen LogP contribution is 2.50. The van der Waals surface area contributed by atoms with Gasteiger partial charge in [-0.3, -0.25) is 0 Å². The first-order chi connectivity index (χ1) is 6.60. The second-order valence-electron chi connectivity index (χ2n) is 6.47. The Kier molecular flexibility index (Phi) is 2.80. The molecule has 1 heterocycles. The van der Waals surface area contributed by atoms with E-state index in [2.05, 4.69) is 53.7 Å². The third-order valence-electron chi connectivity index (χ3n) is 3.21. The summed E-state index contributed by atoms with van der Waals surface area (Å²) < 4.78 is 6.18. The van der Waals surface area contributed by atoms with Crippen LogP contribution in [0.1, 0.15) is 48.5 Å². The molecule has 0 saturated heterocycles. The Labute approximate surface area is 94.2 Å². The molecule has 86 valence electrons. The van der Waals surface area contributed by atoms with Crippen LogP contribution in [0.5, 0.6) is 0 Å². The molecule has 0 aromatic carbocycles. The summed E-state index contributed by atoms with van der Waals surface area (Å²) in [5.41, 5.74) is -0.0621. The lowest BCUT2D eigenvalue weighted by molar-refractivity contribution is -0.118. The van der Waals surface area contributed by atoms with Crippen molar-refractivity contribution in [3.63, 3.8) is 0 Å². The summed E-state index contributed by atoms with van der Waals surface area (Å²) in [7, 11) is 0. The minimum atomic E-state index is -0.223. The van der Waals surface area contributed by atoms with E-state index >= 15 is 0 Å². The van der Waals surface area contributed by atoms with Crippen LogP contribution in [0.25, 0.3) is 0 Å². The highest BCUT2D eigenvalue weighted by atomic mass is 16.5. The Morgan fingerprint density at radius 3 is 1.73 bits per heavy atom. The SMILES string of the molecule is CC1=CC=CC(C(C)(C)C)(C(C)(C)C)O1. The van der Waals surface area contributed by atoms with Crippen LogP contribution in [0.15, 0.2) is 24.0 Å². The van der Waals surface area contributed by atoms with Gasteiger partial charge in [-0.2, -0.15) is 0 Å². The van der Waals surface area contributed by atoms with Gasteiger partial charge >= 0.3 is 0 Å². The normalized spacial score (nSPS) is 20.9. The monoisotopic (exact) mass is 208 g/mol. The molecule has 1 aliphatic rings. The van der Waals surface area contributed by atoms with E-state index in [-0.39, 0.29) is 16.4 Å². The van der Waals surface area contributed by atoms with E-state index in [1.54, 1.807) is 0 Å². The van der Waals surface area contributed by atoms with E-state index in [0.717, 1.165) is 5.76 Å². The minimum Gasteiger partial charge on any atom is -0.487 e. The van der Waals surface area contributed by atoms with E-state index in [1.165, 1.54) is 0 Å². The highest BCUT2D eigenvalue weighted by Gasteiger charge is 2.51. The summed E-state index contributed by atoms with van der Waals surface area (Å²) in [5.74, 6) is 1.00. The summed E-state index contributed by atoms with van der Waals surface area (Å²) in [6.45, 7) is 15.4. The first-order valence-corrected chi connectivity index (χ1v) is 5.65. The van der Waals surface area contributed by atoms with Gasteiger partial charge in [0.2, 0.25) is 0 Å². The fraction of sp³-hybridized carbons (Fsp3) is 0.714. The van der Waals surface area contributed by atoms with Crippen molar-refractivity contribution in [3.05, 3.63) is 24.0 Å². The third-order valence-corrected chi connectivity index (χ3v) is 3.21. The van der Waals surface area contributed by atoms with Gasteiger partial charge in [-0.05, 0) is 19.1 Å². The standard InChI is InChI=1S/C14H24O/c1-11-9-8-10-14(15-11,12(2,3)4)13(5,6)7/h8-10H,1-7H3. The van der Waals surface area contributed by atoms with Gasteiger partial charge < -0.3 is 4.74 Å². The van der Waals surface area contributed by atoms with Gasteiger partial charge in [0.05, 0.1) is 5.76 Å². The predicted molar refractivity (Wildman–Crippen MR) is 65.6 cm³/mol. The molecule has 0 spiro atoms. The van der Waals surface area contributed by atoms with Crippen LogP contribution < -0.4 is 0 Å². The van der Waals surface area contributed by atoms with E-state index in [4.69, 9.17) is 4.74 Å². The Hall–Kier alpha value is -0.720. The lowest BCUT2D eigenvalue weighted by Gasteiger charge is -2.52. The van der Waals surface area contributed by atoms with Crippen molar-refractivity contribution in [1.82, 2.24) is 0 Å². The summed E-state index contributed by atoms with van der Waals surface area (Å²) >= 11 is 0. The quantitative estimate of drug-likeness (QED) is 0.576. The molecule has 0 aliphatic carbocycles. The van der Waals surface area contributed by atoms with Gasteiger partial charge in [0.1, 0.15) is 5.60 Å². The smallest absolute Gasteiger partial charge is 0.136 e. The summed E-state index contributed by atoms with van der Waals surface area (Å²) in [6.07, 6.45) is 6.35. The summed E-state index contributed by atoms with van der Waals surface area (Å²) in [6, 6.07) is 0. The number of hydrogen-bond donors (Lipinski definition) is 0. The third kappa shape index (κ3) is 1.97. The molecule has 0 unspecified atom stereocenters. The molecule has 0 atom stereocenters. The van der Waals surface area contributed by atoms with Crippen LogP contribution in [0.2, 0.25) is 0 Å². The van der Waals surface area contributed by atoms with Crippen molar-refractivity contribution in [2.45, 2.75) is 54.1 Å². The molecular formula is C14H24O. The molecule has 1 nitrogen and oxygen atoms in total. The van der Waals surface area contributed by atoms with Crippen molar-refractivity contribution in [2.75, 3.05) is 0 Å². The molecule has 0 saturated carbocycles. The van der Waals surface area contributed by atoms with Crippen LogP contribution in [0.3, 0.4) is 0 Å². The molecule has 0 bridgehead atoms. The highest BCUT2D eigenvalue weighted by molar-refractivity contribution is 5.24. The Morgan fingerprint density at radius 1 is 1.00 bits per heavy atom. The Bertz CT molecular complexity index is 280. The minimum absolute atomic E-state index is 0.0806. The van der Waals surface area contributed by atoms with E-state index in [0.29, 0.717) is 0 Å². The van der Waals surface area contributed by atoms with Crippen molar-refractivity contribution in [2.24, 2.45) is 10.8 Å². The number of hydrogen-bond acceptors (Lipinski definition) is 1. The molecule has 0 N–H and O–H groups in total. The van der Waals surface area contributed by atoms with Gasteiger partial charge in [0, 0.05) is 10.8 Å². The Morgan fingerprint density at radius 2 is 1.47 bits per heavy atom. The van der Waals surface area contributed by atoms with Gasteiger partial charge in [0.15, 0.2) is 0 Å². The second kappa shape index (κ2) is 3.40.